The average molecular weight is 133 g/mol. The number of aliphatic carboxylic acids is 1. The Balaban J connectivity index is 3.88. The van der Waals surface area contributed by atoms with Crippen LogP contribution in [0.5, 0.6) is 0 Å². The lowest BCUT2D eigenvalue weighted by atomic mass is 10.6. The number of rotatable bonds is 1. The largest absolute Gasteiger partial charge is 0.474 e. The van der Waals surface area contributed by atoms with Gasteiger partial charge in [0.05, 0.1) is 7.11 Å². The summed E-state index contributed by atoms with van der Waals surface area (Å²) >= 11 is 0. The lowest BCUT2D eigenvalue weighted by molar-refractivity contribution is -0.179. The molecule has 0 rings (SSSR count). The highest BCUT2D eigenvalue weighted by Crippen LogP contribution is 1.82. The Kier molecular flexibility index (Phi) is 2.66. The van der Waals surface area contributed by atoms with Gasteiger partial charge in [-0.05, 0) is 0 Å². The Bertz CT molecular complexity index is 133. The molecule has 5 heteroatoms. The third-order valence-electron chi connectivity index (χ3n) is 0.743. The number of carbonyl (C=O) groups excluding carboxylic acids is 1. The average Bonchev–Trinajstić information content (AvgIpc) is 1.84. The van der Waals surface area contributed by atoms with Crippen LogP contribution in [0.1, 0.15) is 0 Å². The normalized spacial score (nSPS) is 8.67. The summed E-state index contributed by atoms with van der Waals surface area (Å²) in [6, 6.07) is 0. The van der Waals surface area contributed by atoms with Crippen molar-refractivity contribution in [3.8, 4) is 0 Å². The van der Waals surface area contributed by atoms with Crippen LogP contribution in [-0.2, 0) is 14.4 Å². The molecule has 0 fully saturated rings. The molecule has 0 bridgehead atoms. The number of amides is 1. The molecular formula is C4H7NO4. The van der Waals surface area contributed by atoms with E-state index in [0.717, 1.165) is 0 Å². The molecule has 0 saturated heterocycles. The fraction of sp³-hybridized carbons (Fsp3) is 0.500. The Morgan fingerprint density at radius 2 is 2.00 bits per heavy atom. The molecule has 0 aromatic rings. The molecule has 5 nitrogen and oxygen atoms in total. The highest BCUT2D eigenvalue weighted by Gasteiger charge is 2.15. The van der Waals surface area contributed by atoms with Gasteiger partial charge in [-0.3, -0.25) is 9.63 Å². The Hall–Kier alpha value is -1.10. The summed E-state index contributed by atoms with van der Waals surface area (Å²) in [5.41, 5.74) is 0. The first kappa shape index (κ1) is 7.90. The van der Waals surface area contributed by atoms with Crippen molar-refractivity contribution in [2.75, 3.05) is 14.2 Å². The molecule has 0 aromatic heterocycles. The molecule has 0 saturated carbocycles. The van der Waals surface area contributed by atoms with E-state index in [4.69, 9.17) is 5.11 Å². The zero-order valence-electron chi connectivity index (χ0n) is 5.12. The van der Waals surface area contributed by atoms with Gasteiger partial charge >= 0.3 is 11.9 Å². The smallest absolute Gasteiger partial charge is 0.396 e. The summed E-state index contributed by atoms with van der Waals surface area (Å²) in [7, 11) is 2.43. The predicted octanol–water partition coefficient (Wildman–Crippen LogP) is -0.909. The van der Waals surface area contributed by atoms with Crippen molar-refractivity contribution in [1.29, 1.82) is 0 Å². The topological polar surface area (TPSA) is 66.8 Å². The Morgan fingerprint density at radius 3 is 2.11 bits per heavy atom. The van der Waals surface area contributed by atoms with Gasteiger partial charge in [0.25, 0.3) is 0 Å². The predicted molar refractivity (Wildman–Crippen MR) is 27.4 cm³/mol. The van der Waals surface area contributed by atoms with Crippen molar-refractivity contribution >= 4 is 11.9 Å². The number of hydrogen-bond acceptors (Lipinski definition) is 3. The summed E-state index contributed by atoms with van der Waals surface area (Å²) < 4.78 is 0. The van der Waals surface area contributed by atoms with E-state index >= 15 is 0 Å². The fourth-order valence-electron chi connectivity index (χ4n) is 0.218. The van der Waals surface area contributed by atoms with Crippen LogP contribution in [0.4, 0.5) is 0 Å². The van der Waals surface area contributed by atoms with E-state index in [1.165, 1.54) is 14.2 Å². The van der Waals surface area contributed by atoms with Gasteiger partial charge in [0.1, 0.15) is 0 Å². The number of hydroxylamine groups is 2. The first-order chi connectivity index (χ1) is 4.09. The molecule has 1 amide bonds. The molecule has 0 heterocycles. The molecule has 0 atom stereocenters. The fourth-order valence-corrected chi connectivity index (χ4v) is 0.218. The van der Waals surface area contributed by atoms with Gasteiger partial charge in [-0.2, -0.15) is 0 Å². The van der Waals surface area contributed by atoms with E-state index in [0.29, 0.717) is 5.06 Å². The van der Waals surface area contributed by atoms with Gasteiger partial charge in [-0.1, -0.05) is 0 Å². The Morgan fingerprint density at radius 1 is 1.56 bits per heavy atom. The third-order valence-corrected chi connectivity index (χ3v) is 0.743. The Labute approximate surface area is 51.8 Å². The maximum atomic E-state index is 10.3. The van der Waals surface area contributed by atoms with E-state index in [9.17, 15) is 9.59 Å². The van der Waals surface area contributed by atoms with Crippen molar-refractivity contribution in [2.24, 2.45) is 0 Å². The molecule has 0 aliphatic heterocycles. The highest BCUT2D eigenvalue weighted by atomic mass is 16.7. The van der Waals surface area contributed by atoms with Gasteiger partial charge in [0.15, 0.2) is 0 Å². The lowest BCUT2D eigenvalue weighted by Crippen LogP contribution is -2.31. The van der Waals surface area contributed by atoms with Crippen LogP contribution in [0.2, 0.25) is 0 Å². The van der Waals surface area contributed by atoms with Gasteiger partial charge in [0, 0.05) is 7.05 Å². The molecule has 9 heavy (non-hydrogen) atoms. The zero-order valence-corrected chi connectivity index (χ0v) is 5.12. The minimum Gasteiger partial charge on any atom is -0.474 e. The molecular weight excluding hydrogens is 126 g/mol. The van der Waals surface area contributed by atoms with E-state index in [2.05, 4.69) is 4.84 Å². The maximum Gasteiger partial charge on any atom is 0.396 e. The SMILES string of the molecule is CON(C)C(=O)C(=O)O. The van der Waals surface area contributed by atoms with Crippen LogP contribution in [-0.4, -0.2) is 36.2 Å². The van der Waals surface area contributed by atoms with Gasteiger partial charge in [-0.15, -0.1) is 0 Å². The van der Waals surface area contributed by atoms with Crippen LogP contribution < -0.4 is 0 Å². The number of hydrogen-bond donors (Lipinski definition) is 1. The van der Waals surface area contributed by atoms with Crippen molar-refractivity contribution in [2.45, 2.75) is 0 Å². The van der Waals surface area contributed by atoms with E-state index in [1.54, 1.807) is 0 Å². The molecule has 1 N–H and O–H groups in total. The van der Waals surface area contributed by atoms with Crippen LogP contribution in [0.3, 0.4) is 0 Å². The van der Waals surface area contributed by atoms with E-state index in [1.807, 2.05) is 0 Å². The standard InChI is InChI=1S/C4H7NO4/c1-5(9-2)3(6)4(7)8/h1-2H3,(H,7,8). The number of carboxylic acids is 1. The van der Waals surface area contributed by atoms with Crippen LogP contribution in [0, 0.1) is 0 Å². The van der Waals surface area contributed by atoms with E-state index < -0.39 is 11.9 Å². The molecule has 0 unspecified atom stereocenters. The quantitative estimate of drug-likeness (QED) is 0.371. The molecule has 0 aliphatic rings. The number of nitrogens with zero attached hydrogens (tertiary/aromatic N) is 1. The second kappa shape index (κ2) is 3.03. The minimum absolute atomic E-state index is 0.627. The van der Waals surface area contributed by atoms with Gasteiger partial charge < -0.3 is 5.11 Å². The second-order valence-corrected chi connectivity index (χ2v) is 1.29. The van der Waals surface area contributed by atoms with Gasteiger partial charge in [0.2, 0.25) is 0 Å². The number of likely N-dealkylation sites (N-methyl/N-ethyl adjacent to an activating group) is 1. The lowest BCUT2D eigenvalue weighted by Gasteiger charge is -2.08. The summed E-state index contributed by atoms with van der Waals surface area (Å²) in [6.07, 6.45) is 0. The zero-order chi connectivity index (χ0) is 7.44. The van der Waals surface area contributed by atoms with Crippen molar-refractivity contribution < 1.29 is 19.5 Å². The summed E-state index contributed by atoms with van der Waals surface area (Å²) in [4.78, 5) is 24.4. The highest BCUT2D eigenvalue weighted by molar-refractivity contribution is 6.30. The van der Waals surface area contributed by atoms with Crippen molar-refractivity contribution in [1.82, 2.24) is 5.06 Å². The number of carboxylic acid groups (broad SMARTS) is 1. The van der Waals surface area contributed by atoms with Crippen molar-refractivity contribution in [3.63, 3.8) is 0 Å². The van der Waals surface area contributed by atoms with Crippen LogP contribution in [0.25, 0.3) is 0 Å². The minimum atomic E-state index is -1.53. The molecule has 0 radical (unpaired) electrons. The van der Waals surface area contributed by atoms with Crippen LogP contribution in [0.15, 0.2) is 0 Å². The monoisotopic (exact) mass is 133 g/mol. The summed E-state index contributed by atoms with van der Waals surface area (Å²) in [6.45, 7) is 0. The third kappa shape index (κ3) is 2.09. The van der Waals surface area contributed by atoms with Crippen molar-refractivity contribution in [3.05, 3.63) is 0 Å². The molecule has 0 aromatic carbocycles. The van der Waals surface area contributed by atoms with Crippen LogP contribution >= 0.6 is 0 Å². The molecule has 0 aliphatic carbocycles. The first-order valence-electron chi connectivity index (χ1n) is 2.14. The summed E-state index contributed by atoms with van der Waals surface area (Å²) in [5, 5.41) is 8.64. The second-order valence-electron chi connectivity index (χ2n) is 1.29. The van der Waals surface area contributed by atoms with E-state index in [-0.39, 0.29) is 0 Å². The number of carbonyl (C=O) groups is 2. The first-order valence-corrected chi connectivity index (χ1v) is 2.14. The molecule has 52 valence electrons. The molecule has 0 spiro atoms. The van der Waals surface area contributed by atoms with Gasteiger partial charge in [-0.25, -0.2) is 9.86 Å². The summed E-state index contributed by atoms with van der Waals surface area (Å²) in [5.74, 6) is -2.61. The maximum absolute atomic E-state index is 10.3.